The van der Waals surface area contributed by atoms with E-state index in [2.05, 4.69) is 15.5 Å². The maximum Gasteiger partial charge on any atom is 0.315 e. The van der Waals surface area contributed by atoms with E-state index in [0.717, 1.165) is 24.3 Å². The molecule has 0 aromatic heterocycles. The van der Waals surface area contributed by atoms with Gasteiger partial charge < -0.3 is 20.6 Å². The van der Waals surface area contributed by atoms with Gasteiger partial charge in [-0.3, -0.25) is 0 Å². The third kappa shape index (κ3) is 4.10. The van der Waals surface area contributed by atoms with E-state index in [1.54, 1.807) is 6.07 Å². The van der Waals surface area contributed by atoms with E-state index in [9.17, 15) is 14.3 Å². The molecule has 1 aromatic rings. The highest BCUT2D eigenvalue weighted by Gasteiger charge is 2.22. The van der Waals surface area contributed by atoms with Gasteiger partial charge in [-0.15, -0.1) is 0 Å². The van der Waals surface area contributed by atoms with Crippen molar-refractivity contribution in [3.63, 3.8) is 0 Å². The summed E-state index contributed by atoms with van der Waals surface area (Å²) in [5.41, 5.74) is 1.67. The molecule has 2 amide bonds. The van der Waals surface area contributed by atoms with E-state index in [4.69, 9.17) is 0 Å². The number of nitrogens with one attached hydrogen (secondary N) is 2. The first kappa shape index (κ1) is 16.5. The number of halogens is 1. The number of urea groups is 1. The zero-order valence-corrected chi connectivity index (χ0v) is 13.1. The van der Waals surface area contributed by atoms with Crippen molar-refractivity contribution in [3.8, 4) is 0 Å². The Balaban J connectivity index is 2.18. The lowest BCUT2D eigenvalue weighted by Gasteiger charge is -2.34. The Bertz CT molecular complexity index is 516. The van der Waals surface area contributed by atoms with Gasteiger partial charge >= 0.3 is 6.03 Å². The van der Waals surface area contributed by atoms with Crippen LogP contribution in [0, 0.1) is 5.82 Å². The Morgan fingerprint density at radius 2 is 2.14 bits per heavy atom. The largest absolute Gasteiger partial charge is 0.393 e. The highest BCUT2D eigenvalue weighted by molar-refractivity contribution is 5.74. The summed E-state index contributed by atoms with van der Waals surface area (Å²) in [4.78, 5) is 13.8. The van der Waals surface area contributed by atoms with Crippen LogP contribution in [0.3, 0.4) is 0 Å². The Kier molecular flexibility index (Phi) is 5.60. The monoisotopic (exact) mass is 309 g/mol. The molecule has 1 atom stereocenters. The molecule has 1 fully saturated rings. The third-order valence-corrected chi connectivity index (χ3v) is 3.95. The number of piperidine rings is 1. The fourth-order valence-electron chi connectivity index (χ4n) is 2.75. The first-order chi connectivity index (χ1) is 10.5. The molecular formula is C16H24FN3O2. The van der Waals surface area contributed by atoms with Crippen LogP contribution in [0.5, 0.6) is 0 Å². The average molecular weight is 309 g/mol. The molecule has 0 bridgehead atoms. The summed E-state index contributed by atoms with van der Waals surface area (Å²) < 4.78 is 13.6. The van der Waals surface area contributed by atoms with E-state index >= 15 is 0 Å². The molecule has 22 heavy (non-hydrogen) atoms. The van der Waals surface area contributed by atoms with Crippen molar-refractivity contribution in [2.75, 3.05) is 24.5 Å². The van der Waals surface area contributed by atoms with Crippen LogP contribution in [-0.4, -0.2) is 36.9 Å². The second-order valence-electron chi connectivity index (χ2n) is 5.65. The summed E-state index contributed by atoms with van der Waals surface area (Å²) in [6.07, 6.45) is 1.15. The van der Waals surface area contributed by atoms with Crippen LogP contribution in [0.25, 0.3) is 0 Å². The second-order valence-corrected chi connectivity index (χ2v) is 5.65. The molecule has 2 rings (SSSR count). The number of benzene rings is 1. The molecule has 122 valence electrons. The van der Waals surface area contributed by atoms with Crippen molar-refractivity contribution in [1.29, 1.82) is 0 Å². The number of aliphatic hydroxyl groups excluding tert-OH is 1. The topological polar surface area (TPSA) is 64.6 Å². The third-order valence-electron chi connectivity index (χ3n) is 3.95. The van der Waals surface area contributed by atoms with Gasteiger partial charge in [0, 0.05) is 30.9 Å². The zero-order chi connectivity index (χ0) is 16.1. The number of carbonyl (C=O) groups is 1. The smallest absolute Gasteiger partial charge is 0.315 e. The average Bonchev–Trinajstić information content (AvgIpc) is 2.48. The van der Waals surface area contributed by atoms with Gasteiger partial charge in [0.2, 0.25) is 0 Å². The maximum atomic E-state index is 13.6. The number of hydrogen-bond acceptors (Lipinski definition) is 3. The standard InChI is InChI=1S/C16H24FN3O2/c1-3-18-16(22)19-11(2)14-10-12(17)4-5-15(14)20-8-6-13(21)7-9-20/h4-5,10-11,13,21H,3,6-9H2,1-2H3,(H2,18,19,22)/t11-/m0/s1. The van der Waals surface area contributed by atoms with Crippen molar-refractivity contribution >= 4 is 11.7 Å². The van der Waals surface area contributed by atoms with E-state index in [-0.39, 0.29) is 24.0 Å². The zero-order valence-electron chi connectivity index (χ0n) is 13.1. The van der Waals surface area contributed by atoms with Crippen LogP contribution in [0.2, 0.25) is 0 Å². The fraction of sp³-hybridized carbons (Fsp3) is 0.562. The second kappa shape index (κ2) is 7.45. The molecular weight excluding hydrogens is 285 g/mol. The number of rotatable bonds is 4. The van der Waals surface area contributed by atoms with Gasteiger partial charge in [-0.05, 0) is 44.9 Å². The lowest BCUT2D eigenvalue weighted by Crippen LogP contribution is -2.39. The molecule has 0 saturated carbocycles. The maximum absolute atomic E-state index is 13.6. The summed E-state index contributed by atoms with van der Waals surface area (Å²) in [6, 6.07) is 4.08. The van der Waals surface area contributed by atoms with E-state index in [1.165, 1.54) is 12.1 Å². The minimum absolute atomic E-state index is 0.258. The highest BCUT2D eigenvalue weighted by atomic mass is 19.1. The summed E-state index contributed by atoms with van der Waals surface area (Å²) in [6.45, 7) is 5.68. The molecule has 1 heterocycles. The number of aliphatic hydroxyl groups is 1. The first-order valence-corrected chi connectivity index (χ1v) is 7.78. The van der Waals surface area contributed by atoms with Crippen LogP contribution < -0.4 is 15.5 Å². The van der Waals surface area contributed by atoms with Crippen LogP contribution in [-0.2, 0) is 0 Å². The predicted molar refractivity (Wildman–Crippen MR) is 84.5 cm³/mol. The van der Waals surface area contributed by atoms with Crippen molar-refractivity contribution in [2.24, 2.45) is 0 Å². The van der Waals surface area contributed by atoms with Crippen molar-refractivity contribution < 1.29 is 14.3 Å². The molecule has 0 unspecified atom stereocenters. The summed E-state index contributed by atoms with van der Waals surface area (Å²) in [5, 5.41) is 15.1. The molecule has 5 nitrogen and oxygen atoms in total. The fourth-order valence-corrected chi connectivity index (χ4v) is 2.75. The Morgan fingerprint density at radius 1 is 1.45 bits per heavy atom. The first-order valence-electron chi connectivity index (χ1n) is 7.78. The summed E-state index contributed by atoms with van der Waals surface area (Å²) >= 11 is 0. The molecule has 1 aliphatic rings. The molecule has 1 saturated heterocycles. The molecule has 0 radical (unpaired) electrons. The molecule has 3 N–H and O–H groups in total. The minimum Gasteiger partial charge on any atom is -0.393 e. The molecule has 1 aromatic carbocycles. The van der Waals surface area contributed by atoms with Gasteiger partial charge in [-0.2, -0.15) is 0 Å². The van der Waals surface area contributed by atoms with Crippen molar-refractivity contribution in [2.45, 2.75) is 38.8 Å². The summed E-state index contributed by atoms with van der Waals surface area (Å²) in [7, 11) is 0. The predicted octanol–water partition coefficient (Wildman–Crippen LogP) is 2.17. The number of nitrogens with zero attached hydrogens (tertiary/aromatic N) is 1. The quantitative estimate of drug-likeness (QED) is 0.798. The summed E-state index contributed by atoms with van der Waals surface area (Å²) in [5.74, 6) is -0.319. The molecule has 1 aliphatic heterocycles. The highest BCUT2D eigenvalue weighted by Crippen LogP contribution is 2.29. The Hall–Kier alpha value is -1.82. The molecule has 0 spiro atoms. The van der Waals surface area contributed by atoms with E-state index in [1.807, 2.05) is 13.8 Å². The Labute approximate surface area is 130 Å². The lowest BCUT2D eigenvalue weighted by molar-refractivity contribution is 0.145. The van der Waals surface area contributed by atoms with Crippen LogP contribution in [0.15, 0.2) is 18.2 Å². The molecule has 6 heteroatoms. The lowest BCUT2D eigenvalue weighted by atomic mass is 10.0. The normalized spacial score (nSPS) is 17.2. The van der Waals surface area contributed by atoms with Crippen LogP contribution in [0.1, 0.15) is 38.3 Å². The number of carbonyl (C=O) groups excluding carboxylic acids is 1. The number of amides is 2. The van der Waals surface area contributed by atoms with Gasteiger partial charge in [-0.1, -0.05) is 0 Å². The van der Waals surface area contributed by atoms with Crippen molar-refractivity contribution in [3.05, 3.63) is 29.6 Å². The van der Waals surface area contributed by atoms with Gasteiger partial charge in [0.1, 0.15) is 5.82 Å². The number of anilines is 1. The SMILES string of the molecule is CCNC(=O)N[C@@H](C)c1cc(F)ccc1N1CCC(O)CC1. The van der Waals surface area contributed by atoms with Crippen LogP contribution in [0.4, 0.5) is 14.9 Å². The van der Waals surface area contributed by atoms with E-state index in [0.29, 0.717) is 19.4 Å². The van der Waals surface area contributed by atoms with Gasteiger partial charge in [0.05, 0.1) is 12.1 Å². The van der Waals surface area contributed by atoms with Gasteiger partial charge in [0.15, 0.2) is 0 Å². The van der Waals surface area contributed by atoms with Gasteiger partial charge in [-0.25, -0.2) is 9.18 Å². The molecule has 0 aliphatic carbocycles. The minimum atomic E-state index is -0.319. The van der Waals surface area contributed by atoms with Crippen molar-refractivity contribution in [1.82, 2.24) is 10.6 Å². The number of hydrogen-bond donors (Lipinski definition) is 3. The van der Waals surface area contributed by atoms with Crippen LogP contribution >= 0.6 is 0 Å². The van der Waals surface area contributed by atoms with Gasteiger partial charge in [0.25, 0.3) is 0 Å². The Morgan fingerprint density at radius 3 is 2.77 bits per heavy atom. The van der Waals surface area contributed by atoms with E-state index < -0.39 is 0 Å².